The Kier molecular flexibility index (Phi) is 5.79. The SMILES string of the molecule is COCC(O)(CCCN)Cc1ccc(C)c(C)c1. The summed E-state index contributed by atoms with van der Waals surface area (Å²) in [6.45, 7) is 5.13. The molecule has 1 aromatic carbocycles. The second-order valence-electron chi connectivity index (χ2n) is 5.14. The number of benzene rings is 1. The molecule has 18 heavy (non-hydrogen) atoms. The quantitative estimate of drug-likeness (QED) is 0.779. The Hall–Kier alpha value is -0.900. The molecule has 1 unspecified atom stereocenters. The van der Waals surface area contributed by atoms with Crippen LogP contribution in [0.25, 0.3) is 0 Å². The van der Waals surface area contributed by atoms with Crippen molar-refractivity contribution in [1.82, 2.24) is 0 Å². The summed E-state index contributed by atoms with van der Waals surface area (Å²) in [6.07, 6.45) is 2.09. The van der Waals surface area contributed by atoms with Crippen LogP contribution in [0.3, 0.4) is 0 Å². The minimum Gasteiger partial charge on any atom is -0.387 e. The van der Waals surface area contributed by atoms with Gasteiger partial charge in [-0.3, -0.25) is 0 Å². The van der Waals surface area contributed by atoms with Crippen LogP contribution in [0.1, 0.15) is 29.5 Å². The first-order valence-electron chi connectivity index (χ1n) is 6.48. The Labute approximate surface area is 110 Å². The zero-order valence-electron chi connectivity index (χ0n) is 11.7. The van der Waals surface area contributed by atoms with E-state index in [1.54, 1.807) is 7.11 Å². The van der Waals surface area contributed by atoms with Gasteiger partial charge in [-0.05, 0) is 49.9 Å². The van der Waals surface area contributed by atoms with Crippen LogP contribution in [0.2, 0.25) is 0 Å². The predicted molar refractivity (Wildman–Crippen MR) is 74.7 cm³/mol. The summed E-state index contributed by atoms with van der Waals surface area (Å²) in [7, 11) is 1.62. The van der Waals surface area contributed by atoms with Gasteiger partial charge in [0.15, 0.2) is 0 Å². The molecule has 0 fully saturated rings. The highest BCUT2D eigenvalue weighted by Crippen LogP contribution is 2.21. The van der Waals surface area contributed by atoms with Gasteiger partial charge in [-0.1, -0.05) is 18.2 Å². The maximum Gasteiger partial charge on any atom is 0.0920 e. The van der Waals surface area contributed by atoms with Crippen molar-refractivity contribution in [3.63, 3.8) is 0 Å². The Bertz CT molecular complexity index is 379. The summed E-state index contributed by atoms with van der Waals surface area (Å²) in [5.74, 6) is 0. The van der Waals surface area contributed by atoms with E-state index in [4.69, 9.17) is 10.5 Å². The molecular formula is C15H25NO2. The van der Waals surface area contributed by atoms with E-state index in [9.17, 15) is 5.11 Å². The smallest absolute Gasteiger partial charge is 0.0920 e. The Morgan fingerprint density at radius 2 is 2.00 bits per heavy atom. The van der Waals surface area contributed by atoms with E-state index in [2.05, 4.69) is 32.0 Å². The van der Waals surface area contributed by atoms with Gasteiger partial charge >= 0.3 is 0 Å². The van der Waals surface area contributed by atoms with E-state index < -0.39 is 5.60 Å². The second-order valence-corrected chi connectivity index (χ2v) is 5.14. The molecule has 1 rings (SSSR count). The first kappa shape index (κ1) is 15.2. The first-order chi connectivity index (χ1) is 8.50. The van der Waals surface area contributed by atoms with Crippen LogP contribution in [0.5, 0.6) is 0 Å². The van der Waals surface area contributed by atoms with Crippen LogP contribution in [0, 0.1) is 13.8 Å². The van der Waals surface area contributed by atoms with Gasteiger partial charge in [0, 0.05) is 13.5 Å². The van der Waals surface area contributed by atoms with Crippen molar-refractivity contribution in [2.45, 2.75) is 38.7 Å². The third-order valence-electron chi connectivity index (χ3n) is 3.36. The minimum absolute atomic E-state index is 0.347. The Morgan fingerprint density at radius 3 is 2.56 bits per heavy atom. The normalized spacial score (nSPS) is 14.5. The Balaban J connectivity index is 2.78. The fourth-order valence-electron chi connectivity index (χ4n) is 2.20. The van der Waals surface area contributed by atoms with Gasteiger partial charge in [0.05, 0.1) is 12.2 Å². The predicted octanol–water partition coefficient (Wildman–Crippen LogP) is 1.96. The zero-order chi connectivity index (χ0) is 13.6. The van der Waals surface area contributed by atoms with E-state index >= 15 is 0 Å². The number of aryl methyl sites for hydroxylation is 2. The molecule has 0 radical (unpaired) electrons. The summed E-state index contributed by atoms with van der Waals surface area (Å²) in [6, 6.07) is 6.31. The number of hydrogen-bond donors (Lipinski definition) is 2. The van der Waals surface area contributed by atoms with Crippen molar-refractivity contribution >= 4 is 0 Å². The maximum atomic E-state index is 10.6. The summed E-state index contributed by atoms with van der Waals surface area (Å²) in [5, 5.41) is 10.6. The fraction of sp³-hybridized carbons (Fsp3) is 0.600. The molecule has 1 atom stereocenters. The molecule has 0 bridgehead atoms. The van der Waals surface area contributed by atoms with Gasteiger partial charge in [-0.25, -0.2) is 0 Å². The largest absolute Gasteiger partial charge is 0.387 e. The lowest BCUT2D eigenvalue weighted by molar-refractivity contribution is -0.0375. The second kappa shape index (κ2) is 6.88. The standard InChI is InChI=1S/C15H25NO2/c1-12-5-6-14(9-13(12)2)10-15(17,11-18-3)7-4-8-16/h5-6,9,17H,4,7-8,10-11,16H2,1-3H3. The summed E-state index contributed by atoms with van der Waals surface area (Å²) >= 11 is 0. The highest BCUT2D eigenvalue weighted by atomic mass is 16.5. The molecular weight excluding hydrogens is 226 g/mol. The van der Waals surface area contributed by atoms with Crippen LogP contribution in [0.4, 0.5) is 0 Å². The molecule has 0 saturated carbocycles. The van der Waals surface area contributed by atoms with Gasteiger partial charge < -0.3 is 15.6 Å². The lowest BCUT2D eigenvalue weighted by Gasteiger charge is -2.27. The molecule has 0 spiro atoms. The molecule has 0 aliphatic carbocycles. The summed E-state index contributed by atoms with van der Waals surface area (Å²) < 4.78 is 5.14. The topological polar surface area (TPSA) is 55.5 Å². The average molecular weight is 251 g/mol. The van der Waals surface area contributed by atoms with E-state index in [-0.39, 0.29) is 0 Å². The third-order valence-corrected chi connectivity index (χ3v) is 3.36. The van der Waals surface area contributed by atoms with Gasteiger partial charge in [0.1, 0.15) is 0 Å². The van der Waals surface area contributed by atoms with Gasteiger partial charge in [-0.15, -0.1) is 0 Å². The molecule has 0 aromatic heterocycles. The van der Waals surface area contributed by atoms with Crippen molar-refractivity contribution in [3.8, 4) is 0 Å². The first-order valence-corrected chi connectivity index (χ1v) is 6.48. The number of aliphatic hydroxyl groups is 1. The molecule has 3 heteroatoms. The number of methoxy groups -OCH3 is 1. The monoisotopic (exact) mass is 251 g/mol. The summed E-state index contributed by atoms with van der Waals surface area (Å²) in [5.41, 5.74) is 8.39. The van der Waals surface area contributed by atoms with Crippen LogP contribution in [-0.2, 0) is 11.2 Å². The molecule has 3 nitrogen and oxygen atoms in total. The zero-order valence-corrected chi connectivity index (χ0v) is 11.7. The number of ether oxygens (including phenoxy) is 1. The number of hydrogen-bond acceptors (Lipinski definition) is 3. The minimum atomic E-state index is -0.810. The molecule has 0 aliphatic heterocycles. The van der Waals surface area contributed by atoms with Crippen molar-refractivity contribution in [3.05, 3.63) is 34.9 Å². The molecule has 0 amide bonds. The average Bonchev–Trinajstić information content (AvgIpc) is 2.32. The van der Waals surface area contributed by atoms with Crippen LogP contribution in [-0.4, -0.2) is 31.0 Å². The molecule has 0 heterocycles. The van der Waals surface area contributed by atoms with E-state index in [1.807, 2.05) is 0 Å². The van der Waals surface area contributed by atoms with Crippen LogP contribution < -0.4 is 5.73 Å². The van der Waals surface area contributed by atoms with Crippen molar-refractivity contribution < 1.29 is 9.84 Å². The van der Waals surface area contributed by atoms with Crippen molar-refractivity contribution in [2.75, 3.05) is 20.3 Å². The lowest BCUT2D eigenvalue weighted by Crippen LogP contribution is -2.37. The highest BCUT2D eigenvalue weighted by molar-refractivity contribution is 5.30. The molecule has 102 valence electrons. The van der Waals surface area contributed by atoms with E-state index in [0.29, 0.717) is 26.0 Å². The Morgan fingerprint density at radius 1 is 1.28 bits per heavy atom. The summed E-state index contributed by atoms with van der Waals surface area (Å²) in [4.78, 5) is 0. The lowest BCUT2D eigenvalue weighted by atomic mass is 9.89. The van der Waals surface area contributed by atoms with Gasteiger partial charge in [-0.2, -0.15) is 0 Å². The maximum absolute atomic E-state index is 10.6. The van der Waals surface area contributed by atoms with Crippen molar-refractivity contribution in [1.29, 1.82) is 0 Å². The molecule has 3 N–H and O–H groups in total. The fourth-order valence-corrected chi connectivity index (χ4v) is 2.20. The van der Waals surface area contributed by atoms with Crippen molar-refractivity contribution in [2.24, 2.45) is 5.73 Å². The highest BCUT2D eigenvalue weighted by Gasteiger charge is 2.26. The van der Waals surface area contributed by atoms with E-state index in [1.165, 1.54) is 11.1 Å². The third kappa shape index (κ3) is 4.41. The van der Waals surface area contributed by atoms with E-state index in [0.717, 1.165) is 12.0 Å². The number of nitrogens with two attached hydrogens (primary N) is 1. The van der Waals surface area contributed by atoms with Crippen LogP contribution in [0.15, 0.2) is 18.2 Å². The van der Waals surface area contributed by atoms with Gasteiger partial charge in [0.25, 0.3) is 0 Å². The van der Waals surface area contributed by atoms with Gasteiger partial charge in [0.2, 0.25) is 0 Å². The number of rotatable bonds is 7. The molecule has 0 saturated heterocycles. The van der Waals surface area contributed by atoms with Crippen LogP contribution >= 0.6 is 0 Å². The molecule has 0 aliphatic rings. The molecule has 1 aromatic rings.